The van der Waals surface area contributed by atoms with Gasteiger partial charge in [0, 0.05) is 34.9 Å². The molecule has 0 amide bonds. The van der Waals surface area contributed by atoms with Crippen LogP contribution in [0.4, 0.5) is 0 Å². The third-order valence-corrected chi connectivity index (χ3v) is 6.74. The molecule has 0 radical (unpaired) electrons. The van der Waals surface area contributed by atoms with Crippen molar-refractivity contribution in [3.63, 3.8) is 0 Å². The van der Waals surface area contributed by atoms with E-state index in [0.717, 1.165) is 22.6 Å². The first-order valence-corrected chi connectivity index (χ1v) is 12.3. The molecule has 6 nitrogen and oxygen atoms in total. The van der Waals surface area contributed by atoms with Crippen LogP contribution < -0.4 is 10.1 Å². The molecule has 6 heteroatoms. The molecule has 0 fully saturated rings. The van der Waals surface area contributed by atoms with Gasteiger partial charge in [-0.1, -0.05) is 48.5 Å². The maximum absolute atomic E-state index is 13.7. The smallest absolute Gasteiger partial charge is 0.337 e. The molecule has 0 unspecified atom stereocenters. The number of rotatable bonds is 7. The number of esters is 1. The van der Waals surface area contributed by atoms with Gasteiger partial charge in [0.05, 0.1) is 24.4 Å². The predicted octanol–water partition coefficient (Wildman–Crippen LogP) is 5.78. The van der Waals surface area contributed by atoms with Crippen LogP contribution in [0.2, 0.25) is 0 Å². The Labute approximate surface area is 210 Å². The number of carbonyl (C=O) groups excluding carboxylic acids is 2. The molecule has 36 heavy (non-hydrogen) atoms. The fourth-order valence-electron chi connectivity index (χ4n) is 5.15. The van der Waals surface area contributed by atoms with Crippen molar-refractivity contribution in [1.82, 2.24) is 5.32 Å². The van der Waals surface area contributed by atoms with Gasteiger partial charge in [-0.05, 0) is 44.0 Å². The van der Waals surface area contributed by atoms with E-state index in [4.69, 9.17) is 13.9 Å². The number of Topliss-reactive ketones (excluding diaryl/α,β-unsaturated/α-hetero) is 1. The molecule has 2 aliphatic rings. The number of carbonyl (C=O) groups is 2. The second-order valence-corrected chi connectivity index (χ2v) is 9.07. The van der Waals surface area contributed by atoms with E-state index in [-0.39, 0.29) is 18.3 Å². The summed E-state index contributed by atoms with van der Waals surface area (Å²) in [6.07, 6.45) is 2.56. The Hall–Kier alpha value is -4.06. The van der Waals surface area contributed by atoms with E-state index in [1.54, 1.807) is 6.26 Å². The SMILES string of the molecule is CCOc1ccccc1[C@H]1C(C(=O)OCc2ccccc2)=C(C)NC2=C1C(=O)C[C@H](c1ccco1)C2. The zero-order valence-electron chi connectivity index (χ0n) is 20.5. The summed E-state index contributed by atoms with van der Waals surface area (Å²) < 4.78 is 17.3. The quantitative estimate of drug-likeness (QED) is 0.429. The van der Waals surface area contributed by atoms with Gasteiger partial charge in [-0.15, -0.1) is 0 Å². The Balaban J connectivity index is 1.55. The number of ether oxygens (including phenoxy) is 2. The summed E-state index contributed by atoms with van der Waals surface area (Å²) in [7, 11) is 0. The lowest BCUT2D eigenvalue weighted by Gasteiger charge is -2.36. The van der Waals surface area contributed by atoms with Crippen molar-refractivity contribution in [3.05, 3.63) is 112 Å². The Kier molecular flexibility index (Phi) is 6.76. The van der Waals surface area contributed by atoms with Gasteiger partial charge in [0.2, 0.25) is 0 Å². The zero-order chi connectivity index (χ0) is 25.1. The van der Waals surface area contributed by atoms with Gasteiger partial charge < -0.3 is 19.2 Å². The van der Waals surface area contributed by atoms with Crippen LogP contribution in [0, 0.1) is 0 Å². The summed E-state index contributed by atoms with van der Waals surface area (Å²) in [5, 5.41) is 3.38. The van der Waals surface area contributed by atoms with Crippen molar-refractivity contribution < 1.29 is 23.5 Å². The van der Waals surface area contributed by atoms with Gasteiger partial charge >= 0.3 is 5.97 Å². The second-order valence-electron chi connectivity index (χ2n) is 9.07. The fraction of sp³-hybridized carbons (Fsp3) is 0.267. The summed E-state index contributed by atoms with van der Waals surface area (Å²) in [5.41, 5.74) is 4.21. The first-order chi connectivity index (χ1) is 17.6. The van der Waals surface area contributed by atoms with E-state index in [2.05, 4.69) is 5.32 Å². The number of furan rings is 1. The molecule has 184 valence electrons. The maximum atomic E-state index is 13.7. The third kappa shape index (κ3) is 4.59. The van der Waals surface area contributed by atoms with Crippen LogP contribution in [0.5, 0.6) is 5.75 Å². The topological polar surface area (TPSA) is 77.8 Å². The molecular weight excluding hydrogens is 454 g/mol. The van der Waals surface area contributed by atoms with Crippen molar-refractivity contribution >= 4 is 11.8 Å². The minimum atomic E-state index is -0.586. The van der Waals surface area contributed by atoms with E-state index in [1.165, 1.54) is 0 Å². The average molecular weight is 484 g/mol. The molecule has 1 aliphatic carbocycles. The van der Waals surface area contributed by atoms with Gasteiger partial charge in [0.25, 0.3) is 0 Å². The molecular formula is C30H29NO5. The molecule has 5 rings (SSSR count). The molecule has 1 aliphatic heterocycles. The van der Waals surface area contributed by atoms with Gasteiger partial charge in [-0.3, -0.25) is 4.79 Å². The van der Waals surface area contributed by atoms with E-state index in [1.807, 2.05) is 80.6 Å². The maximum Gasteiger partial charge on any atom is 0.337 e. The minimum absolute atomic E-state index is 0.0117. The fourth-order valence-corrected chi connectivity index (χ4v) is 5.15. The van der Waals surface area contributed by atoms with Crippen molar-refractivity contribution in [2.45, 2.75) is 45.1 Å². The highest BCUT2D eigenvalue weighted by Crippen LogP contribution is 2.47. The van der Waals surface area contributed by atoms with Gasteiger partial charge in [0.15, 0.2) is 5.78 Å². The number of hydrogen-bond donors (Lipinski definition) is 1. The molecule has 0 saturated carbocycles. The summed E-state index contributed by atoms with van der Waals surface area (Å²) >= 11 is 0. The highest BCUT2D eigenvalue weighted by atomic mass is 16.5. The van der Waals surface area contributed by atoms with Gasteiger partial charge in [-0.25, -0.2) is 4.79 Å². The van der Waals surface area contributed by atoms with Crippen molar-refractivity contribution in [1.29, 1.82) is 0 Å². The Morgan fingerprint density at radius 2 is 1.81 bits per heavy atom. The van der Waals surface area contributed by atoms with Crippen LogP contribution in [-0.4, -0.2) is 18.4 Å². The normalized spacial score (nSPS) is 19.6. The van der Waals surface area contributed by atoms with Crippen LogP contribution in [0.15, 0.2) is 100.0 Å². The number of benzene rings is 2. The minimum Gasteiger partial charge on any atom is -0.494 e. The molecule has 3 aromatic rings. The van der Waals surface area contributed by atoms with E-state index in [9.17, 15) is 9.59 Å². The van der Waals surface area contributed by atoms with E-state index in [0.29, 0.717) is 42.0 Å². The van der Waals surface area contributed by atoms with Crippen molar-refractivity contribution in [2.75, 3.05) is 6.61 Å². The first kappa shape index (κ1) is 23.7. The van der Waals surface area contributed by atoms with Crippen LogP contribution >= 0.6 is 0 Å². The van der Waals surface area contributed by atoms with E-state index < -0.39 is 11.9 Å². The summed E-state index contributed by atoms with van der Waals surface area (Å²) in [5.74, 6) is 0.340. The standard InChI is InChI=1S/C30H29NO5/c1-3-34-26-13-8-7-12-22(26)28-27(30(33)36-18-20-10-5-4-6-11-20)19(2)31-23-16-21(17-24(32)29(23)28)25-14-9-15-35-25/h4-15,21,28,31H,3,16-18H2,1-2H3/t21-,28+/m1/s1. The zero-order valence-corrected chi connectivity index (χ0v) is 20.5. The molecule has 1 N–H and O–H groups in total. The summed E-state index contributed by atoms with van der Waals surface area (Å²) in [6.45, 7) is 4.40. The van der Waals surface area contributed by atoms with Crippen molar-refractivity contribution in [2.24, 2.45) is 0 Å². The lowest BCUT2D eigenvalue weighted by molar-refractivity contribution is -0.140. The lowest BCUT2D eigenvalue weighted by atomic mass is 9.72. The molecule has 2 aromatic carbocycles. The molecule has 1 aromatic heterocycles. The average Bonchev–Trinajstić information content (AvgIpc) is 3.43. The molecule has 2 atom stereocenters. The number of dihydropyridines is 1. The molecule has 0 saturated heterocycles. The Bertz CT molecular complexity index is 1320. The highest BCUT2D eigenvalue weighted by Gasteiger charge is 2.42. The summed E-state index contributed by atoms with van der Waals surface area (Å²) in [6, 6.07) is 20.9. The predicted molar refractivity (Wildman–Crippen MR) is 135 cm³/mol. The first-order valence-electron chi connectivity index (χ1n) is 12.3. The largest absolute Gasteiger partial charge is 0.494 e. The Morgan fingerprint density at radius 3 is 2.56 bits per heavy atom. The number of para-hydroxylation sites is 1. The van der Waals surface area contributed by atoms with Crippen molar-refractivity contribution in [3.8, 4) is 5.75 Å². The monoisotopic (exact) mass is 483 g/mol. The van der Waals surface area contributed by atoms with Crippen LogP contribution in [0.25, 0.3) is 0 Å². The number of hydrogen-bond acceptors (Lipinski definition) is 6. The van der Waals surface area contributed by atoms with E-state index >= 15 is 0 Å². The number of ketones is 1. The molecule has 0 spiro atoms. The van der Waals surface area contributed by atoms with Crippen LogP contribution in [0.3, 0.4) is 0 Å². The second kappa shape index (κ2) is 10.3. The Morgan fingerprint density at radius 1 is 1.03 bits per heavy atom. The summed E-state index contributed by atoms with van der Waals surface area (Å²) in [4.78, 5) is 27.2. The lowest BCUT2D eigenvalue weighted by Crippen LogP contribution is -2.36. The van der Waals surface area contributed by atoms with Crippen LogP contribution in [0.1, 0.15) is 55.4 Å². The van der Waals surface area contributed by atoms with Gasteiger partial charge in [-0.2, -0.15) is 0 Å². The highest BCUT2D eigenvalue weighted by molar-refractivity contribution is 6.04. The molecule has 0 bridgehead atoms. The number of nitrogens with one attached hydrogen (secondary N) is 1. The van der Waals surface area contributed by atoms with Crippen LogP contribution in [-0.2, 0) is 20.9 Å². The number of allylic oxidation sites excluding steroid dienone is 3. The third-order valence-electron chi connectivity index (χ3n) is 6.74. The van der Waals surface area contributed by atoms with Gasteiger partial charge in [0.1, 0.15) is 18.1 Å². The molecule has 2 heterocycles.